The number of aromatic nitrogens is 2. The van der Waals surface area contributed by atoms with Gasteiger partial charge in [0.2, 0.25) is 10.0 Å². The van der Waals surface area contributed by atoms with Gasteiger partial charge in [0.1, 0.15) is 11.4 Å². The Kier molecular flexibility index (Phi) is 6.17. The molecule has 0 radical (unpaired) electrons. The summed E-state index contributed by atoms with van der Waals surface area (Å²) < 4.78 is 63.3. The maximum absolute atomic E-state index is 12.4. The highest BCUT2D eigenvalue weighted by atomic mass is 32.2. The van der Waals surface area contributed by atoms with Crippen LogP contribution in [-0.4, -0.2) is 55.4 Å². The van der Waals surface area contributed by atoms with E-state index >= 15 is 0 Å². The molecule has 0 atom stereocenters. The summed E-state index contributed by atoms with van der Waals surface area (Å²) in [6.45, 7) is 0.822. The second kappa shape index (κ2) is 7.23. The van der Waals surface area contributed by atoms with Gasteiger partial charge in [0, 0.05) is 19.3 Å². The Hall–Kier alpha value is -1.13. The zero-order chi connectivity index (χ0) is 16.1. The molecule has 0 aliphatic rings. The molecule has 1 aromatic heterocycles. The van der Waals surface area contributed by atoms with Gasteiger partial charge in [-0.05, 0) is 20.0 Å². The third kappa shape index (κ3) is 5.29. The van der Waals surface area contributed by atoms with Crippen molar-refractivity contribution in [2.45, 2.75) is 31.0 Å². The summed E-state index contributed by atoms with van der Waals surface area (Å²) >= 11 is 0. The first-order valence-corrected chi connectivity index (χ1v) is 7.88. The third-order valence-electron chi connectivity index (χ3n) is 2.77. The largest absolute Gasteiger partial charge is 0.402 e. The van der Waals surface area contributed by atoms with E-state index in [1.807, 2.05) is 0 Å². The molecular formula is C11H19F3N4O2S. The maximum Gasteiger partial charge on any atom is 0.402 e. The maximum atomic E-state index is 12.4. The smallest absolute Gasteiger partial charge is 0.320 e. The number of halogens is 3. The molecule has 0 saturated carbocycles. The zero-order valence-corrected chi connectivity index (χ0v) is 12.7. The molecule has 1 aromatic rings. The standard InChI is InChI=1S/C11H19F3N4O2S/c1-3-18(9-11(12,13)14)21(19,20)10-7-16-17(8-10)6-4-5-15-2/h7-8,15H,3-6,9H2,1-2H3. The molecule has 6 nitrogen and oxygen atoms in total. The highest BCUT2D eigenvalue weighted by Gasteiger charge is 2.36. The molecule has 1 N–H and O–H groups in total. The first kappa shape index (κ1) is 17.9. The zero-order valence-electron chi connectivity index (χ0n) is 11.9. The van der Waals surface area contributed by atoms with Crippen LogP contribution in [0.3, 0.4) is 0 Å². The van der Waals surface area contributed by atoms with Gasteiger partial charge in [0.15, 0.2) is 0 Å². The van der Waals surface area contributed by atoms with Crippen molar-refractivity contribution in [1.82, 2.24) is 19.4 Å². The van der Waals surface area contributed by atoms with Gasteiger partial charge in [-0.2, -0.15) is 22.6 Å². The van der Waals surface area contributed by atoms with E-state index in [1.165, 1.54) is 17.8 Å². The van der Waals surface area contributed by atoms with Crippen LogP contribution in [0.2, 0.25) is 0 Å². The van der Waals surface area contributed by atoms with Crippen molar-refractivity contribution in [3.05, 3.63) is 12.4 Å². The molecule has 1 heterocycles. The van der Waals surface area contributed by atoms with E-state index in [4.69, 9.17) is 0 Å². The molecule has 0 unspecified atom stereocenters. The highest BCUT2D eigenvalue weighted by Crippen LogP contribution is 2.22. The fraction of sp³-hybridized carbons (Fsp3) is 0.727. The Morgan fingerprint density at radius 2 is 2.10 bits per heavy atom. The van der Waals surface area contributed by atoms with Gasteiger partial charge < -0.3 is 5.32 Å². The van der Waals surface area contributed by atoms with Gasteiger partial charge in [-0.1, -0.05) is 6.92 Å². The van der Waals surface area contributed by atoms with E-state index in [0.29, 0.717) is 10.8 Å². The molecular weight excluding hydrogens is 309 g/mol. The summed E-state index contributed by atoms with van der Waals surface area (Å²) in [5.41, 5.74) is 0. The van der Waals surface area contributed by atoms with Crippen LogP contribution in [0.5, 0.6) is 0 Å². The second-order valence-corrected chi connectivity index (χ2v) is 6.38. The first-order valence-electron chi connectivity index (χ1n) is 6.44. The van der Waals surface area contributed by atoms with Crippen molar-refractivity contribution < 1.29 is 21.6 Å². The van der Waals surface area contributed by atoms with E-state index < -0.39 is 22.7 Å². The van der Waals surface area contributed by atoms with E-state index in [-0.39, 0.29) is 11.4 Å². The summed E-state index contributed by atoms with van der Waals surface area (Å²) in [5.74, 6) is 0. The molecule has 0 fully saturated rings. The Balaban J connectivity index is 2.86. The number of hydrogen-bond donors (Lipinski definition) is 1. The first-order chi connectivity index (χ1) is 9.70. The lowest BCUT2D eigenvalue weighted by molar-refractivity contribution is -0.135. The van der Waals surface area contributed by atoms with Crippen LogP contribution in [0.25, 0.3) is 0 Å². The molecule has 21 heavy (non-hydrogen) atoms. The topological polar surface area (TPSA) is 67.2 Å². The van der Waals surface area contributed by atoms with Crippen LogP contribution in [0, 0.1) is 0 Å². The molecule has 0 spiro atoms. The van der Waals surface area contributed by atoms with E-state index in [0.717, 1.165) is 19.2 Å². The summed E-state index contributed by atoms with van der Waals surface area (Å²) in [6, 6.07) is 0. The predicted molar refractivity (Wildman–Crippen MR) is 71.3 cm³/mol. The quantitative estimate of drug-likeness (QED) is 0.725. The molecule has 0 aliphatic carbocycles. The van der Waals surface area contributed by atoms with Crippen LogP contribution in [0.1, 0.15) is 13.3 Å². The fourth-order valence-corrected chi connectivity index (χ4v) is 3.12. The van der Waals surface area contributed by atoms with Crippen LogP contribution < -0.4 is 5.32 Å². The van der Waals surface area contributed by atoms with Crippen molar-refractivity contribution in [3.8, 4) is 0 Å². The van der Waals surface area contributed by atoms with Gasteiger partial charge in [-0.25, -0.2) is 8.42 Å². The van der Waals surface area contributed by atoms with Crippen LogP contribution in [-0.2, 0) is 16.6 Å². The molecule has 122 valence electrons. The number of alkyl halides is 3. The minimum absolute atomic E-state index is 0.224. The van der Waals surface area contributed by atoms with Gasteiger partial charge in [-0.3, -0.25) is 4.68 Å². The van der Waals surface area contributed by atoms with Crippen molar-refractivity contribution in [2.24, 2.45) is 0 Å². The Bertz CT molecular complexity index is 542. The predicted octanol–water partition coefficient (Wildman–Crippen LogP) is 1.07. The van der Waals surface area contributed by atoms with Gasteiger partial charge in [-0.15, -0.1) is 0 Å². The number of hydrogen-bond acceptors (Lipinski definition) is 4. The van der Waals surface area contributed by atoms with Crippen molar-refractivity contribution in [1.29, 1.82) is 0 Å². The lowest BCUT2D eigenvalue weighted by Crippen LogP contribution is -2.38. The molecule has 1 rings (SSSR count). The fourth-order valence-electron chi connectivity index (χ4n) is 1.73. The molecule has 0 bridgehead atoms. The molecule has 0 amide bonds. The lowest BCUT2D eigenvalue weighted by atomic mass is 10.4. The number of nitrogens with zero attached hydrogens (tertiary/aromatic N) is 3. The summed E-state index contributed by atoms with van der Waals surface area (Å²) in [7, 11) is -2.39. The van der Waals surface area contributed by atoms with Crippen LogP contribution >= 0.6 is 0 Å². The number of nitrogens with one attached hydrogen (secondary N) is 1. The summed E-state index contributed by atoms with van der Waals surface area (Å²) in [6.07, 6.45) is -1.51. The van der Waals surface area contributed by atoms with Gasteiger partial charge in [0.25, 0.3) is 0 Å². The SMILES string of the molecule is CCN(CC(F)(F)F)S(=O)(=O)c1cnn(CCCNC)c1. The highest BCUT2D eigenvalue weighted by molar-refractivity contribution is 7.89. The van der Waals surface area contributed by atoms with Crippen LogP contribution in [0.15, 0.2) is 17.3 Å². The lowest BCUT2D eigenvalue weighted by Gasteiger charge is -2.20. The average molecular weight is 328 g/mol. The summed E-state index contributed by atoms with van der Waals surface area (Å²) in [4.78, 5) is -0.224. The molecule has 0 aliphatic heterocycles. The number of rotatable bonds is 8. The molecule has 10 heteroatoms. The average Bonchev–Trinajstić information content (AvgIpc) is 2.84. The van der Waals surface area contributed by atoms with Crippen molar-refractivity contribution >= 4 is 10.0 Å². The van der Waals surface area contributed by atoms with Gasteiger partial charge >= 0.3 is 6.18 Å². The normalized spacial score (nSPS) is 13.0. The van der Waals surface area contributed by atoms with Gasteiger partial charge in [0.05, 0.1) is 6.20 Å². The molecule has 0 saturated heterocycles. The van der Waals surface area contributed by atoms with E-state index in [9.17, 15) is 21.6 Å². The Morgan fingerprint density at radius 1 is 1.43 bits per heavy atom. The number of sulfonamides is 1. The van der Waals surface area contributed by atoms with E-state index in [1.54, 1.807) is 7.05 Å². The minimum atomic E-state index is -4.58. The third-order valence-corrected chi connectivity index (χ3v) is 4.64. The van der Waals surface area contributed by atoms with Crippen molar-refractivity contribution in [3.63, 3.8) is 0 Å². The Labute approximate surface area is 122 Å². The summed E-state index contributed by atoms with van der Waals surface area (Å²) in [5, 5.41) is 6.80. The number of aryl methyl sites for hydroxylation is 1. The van der Waals surface area contributed by atoms with Crippen molar-refractivity contribution in [2.75, 3.05) is 26.7 Å². The second-order valence-electron chi connectivity index (χ2n) is 4.44. The van der Waals surface area contributed by atoms with Crippen LogP contribution in [0.4, 0.5) is 13.2 Å². The Morgan fingerprint density at radius 3 is 2.62 bits per heavy atom. The molecule has 0 aromatic carbocycles. The minimum Gasteiger partial charge on any atom is -0.320 e. The monoisotopic (exact) mass is 328 g/mol. The van der Waals surface area contributed by atoms with E-state index in [2.05, 4.69) is 10.4 Å².